The van der Waals surface area contributed by atoms with Crippen molar-refractivity contribution in [3.63, 3.8) is 0 Å². The third-order valence-corrected chi connectivity index (χ3v) is 3.89. The van der Waals surface area contributed by atoms with Crippen molar-refractivity contribution in [3.8, 4) is 5.75 Å². The zero-order valence-corrected chi connectivity index (χ0v) is 14.8. The number of allylic oxidation sites excluding steroid dienone is 1. The molecule has 0 saturated carbocycles. The molecule has 1 rings (SSSR count). The number of hydrogen-bond acceptors (Lipinski definition) is 3. The van der Waals surface area contributed by atoms with Gasteiger partial charge in [-0.25, -0.2) is 0 Å². The van der Waals surface area contributed by atoms with Crippen LogP contribution in [0.4, 0.5) is 0 Å². The minimum atomic E-state index is -0.191. The number of benzene rings is 1. The second-order valence-electron chi connectivity index (χ2n) is 5.83. The number of hydrogen-bond donors (Lipinski definition) is 0. The normalized spacial score (nSPS) is 10.3. The van der Waals surface area contributed by atoms with Gasteiger partial charge in [-0.15, -0.1) is 0 Å². The highest BCUT2D eigenvalue weighted by Crippen LogP contribution is 2.18. The van der Waals surface area contributed by atoms with Gasteiger partial charge in [0.2, 0.25) is 0 Å². The van der Waals surface area contributed by atoms with Crippen molar-refractivity contribution in [2.24, 2.45) is 0 Å². The summed E-state index contributed by atoms with van der Waals surface area (Å²) in [6.45, 7) is 7.27. The number of unbranched alkanes of at least 4 members (excludes halogenated alkanes) is 2. The maximum Gasteiger partial charge on any atom is 0.163 e. The Morgan fingerprint density at radius 2 is 1.57 bits per heavy atom. The largest absolute Gasteiger partial charge is 0.489 e. The molecular formula is C20H28O3. The maximum absolute atomic E-state index is 11.6. The minimum Gasteiger partial charge on any atom is -0.489 e. The highest BCUT2D eigenvalue weighted by atomic mass is 16.5. The van der Waals surface area contributed by atoms with Gasteiger partial charge in [-0.2, -0.15) is 0 Å². The van der Waals surface area contributed by atoms with E-state index >= 15 is 0 Å². The molecule has 0 aliphatic rings. The Balaban J connectivity index is 2.70. The third kappa shape index (κ3) is 6.39. The lowest BCUT2D eigenvalue weighted by atomic mass is 10.00. The van der Waals surface area contributed by atoms with Crippen LogP contribution in [0.1, 0.15) is 58.9 Å². The summed E-state index contributed by atoms with van der Waals surface area (Å²) < 4.78 is 5.76. The van der Waals surface area contributed by atoms with Gasteiger partial charge in [0.25, 0.3) is 0 Å². The van der Waals surface area contributed by atoms with E-state index in [0.29, 0.717) is 6.42 Å². The Morgan fingerprint density at radius 1 is 0.957 bits per heavy atom. The van der Waals surface area contributed by atoms with E-state index in [4.69, 9.17) is 4.74 Å². The van der Waals surface area contributed by atoms with Crippen molar-refractivity contribution >= 4 is 11.6 Å². The highest BCUT2D eigenvalue weighted by molar-refractivity contribution is 6.19. The van der Waals surface area contributed by atoms with E-state index in [1.165, 1.54) is 38.7 Å². The van der Waals surface area contributed by atoms with Gasteiger partial charge in [0.15, 0.2) is 11.6 Å². The molecule has 1 aromatic rings. The average Bonchev–Trinajstić information content (AvgIpc) is 2.52. The Labute approximate surface area is 139 Å². The van der Waals surface area contributed by atoms with Gasteiger partial charge in [0.1, 0.15) is 12.4 Å². The second kappa shape index (κ2) is 9.98. The van der Waals surface area contributed by atoms with Crippen molar-refractivity contribution in [2.45, 2.75) is 59.8 Å². The van der Waals surface area contributed by atoms with E-state index in [2.05, 4.69) is 19.1 Å². The number of rotatable bonds is 10. The summed E-state index contributed by atoms with van der Waals surface area (Å²) in [6, 6.07) is 8.07. The number of ketones is 2. The molecule has 0 N–H and O–H groups in total. The fraction of sp³-hybridized carbons (Fsp3) is 0.500. The van der Waals surface area contributed by atoms with Crippen molar-refractivity contribution in [2.75, 3.05) is 6.61 Å². The van der Waals surface area contributed by atoms with Crippen LogP contribution in [0.25, 0.3) is 0 Å². The molecule has 0 radical (unpaired) electrons. The number of aryl methyl sites for hydroxylation is 1. The lowest BCUT2D eigenvalue weighted by molar-refractivity contribution is -0.119. The van der Waals surface area contributed by atoms with Crippen LogP contribution in [-0.2, 0) is 16.0 Å². The molecule has 126 valence electrons. The summed E-state index contributed by atoms with van der Waals surface area (Å²) in [4.78, 5) is 23.3. The van der Waals surface area contributed by atoms with Crippen molar-refractivity contribution in [3.05, 3.63) is 41.0 Å². The van der Waals surface area contributed by atoms with Gasteiger partial charge in [-0.1, -0.05) is 38.8 Å². The smallest absolute Gasteiger partial charge is 0.163 e. The Bertz CT molecular complexity index is 537. The Kier molecular flexibility index (Phi) is 8.31. The van der Waals surface area contributed by atoms with E-state index < -0.39 is 0 Å². The number of ether oxygens (including phenoxy) is 1. The van der Waals surface area contributed by atoms with Gasteiger partial charge < -0.3 is 4.74 Å². The SMILES string of the molecule is CCCCCc1ccc(OCC(CC)=C(C(C)=O)C(C)=O)cc1. The molecule has 0 heterocycles. The lowest BCUT2D eigenvalue weighted by Gasteiger charge is -2.12. The standard InChI is InChI=1S/C20H28O3/c1-5-7-8-9-17-10-12-19(13-11-17)23-14-18(6-2)20(15(3)21)16(4)22/h10-13H,5-9,14H2,1-4H3. The monoisotopic (exact) mass is 316 g/mol. The average molecular weight is 316 g/mol. The first-order valence-corrected chi connectivity index (χ1v) is 8.45. The number of carbonyl (C=O) groups excluding carboxylic acids is 2. The van der Waals surface area contributed by atoms with E-state index in [0.717, 1.165) is 17.7 Å². The Hall–Kier alpha value is -1.90. The predicted octanol–water partition coefficient (Wildman–Crippen LogP) is 4.68. The van der Waals surface area contributed by atoms with Gasteiger partial charge in [-0.05, 0) is 56.4 Å². The van der Waals surface area contributed by atoms with Gasteiger partial charge >= 0.3 is 0 Å². The Morgan fingerprint density at radius 3 is 2.04 bits per heavy atom. The predicted molar refractivity (Wildman–Crippen MR) is 93.8 cm³/mol. The zero-order valence-electron chi connectivity index (χ0n) is 14.8. The van der Waals surface area contributed by atoms with Crippen LogP contribution in [-0.4, -0.2) is 18.2 Å². The molecular weight excluding hydrogens is 288 g/mol. The van der Waals surface area contributed by atoms with Crippen LogP contribution >= 0.6 is 0 Å². The van der Waals surface area contributed by atoms with Gasteiger partial charge in [0.05, 0.1) is 5.57 Å². The second-order valence-corrected chi connectivity index (χ2v) is 5.83. The summed E-state index contributed by atoms with van der Waals surface area (Å²) >= 11 is 0. The molecule has 0 spiro atoms. The third-order valence-electron chi connectivity index (χ3n) is 3.89. The van der Waals surface area contributed by atoms with E-state index in [1.807, 2.05) is 19.1 Å². The van der Waals surface area contributed by atoms with Gasteiger partial charge in [0, 0.05) is 0 Å². The molecule has 0 atom stereocenters. The van der Waals surface area contributed by atoms with E-state index in [9.17, 15) is 9.59 Å². The molecule has 3 heteroatoms. The summed E-state index contributed by atoms with van der Waals surface area (Å²) in [5, 5.41) is 0. The molecule has 0 saturated heterocycles. The van der Waals surface area contributed by atoms with Crippen molar-refractivity contribution < 1.29 is 14.3 Å². The molecule has 0 bridgehead atoms. The molecule has 1 aromatic carbocycles. The van der Waals surface area contributed by atoms with Crippen LogP contribution in [0.3, 0.4) is 0 Å². The minimum absolute atomic E-state index is 0.191. The van der Waals surface area contributed by atoms with Crippen LogP contribution in [0, 0.1) is 0 Å². The molecule has 0 aliphatic carbocycles. The molecule has 0 aliphatic heterocycles. The number of Topliss-reactive ketones (excluding diaryl/α,β-unsaturated/α-hetero) is 2. The van der Waals surface area contributed by atoms with Gasteiger partial charge in [-0.3, -0.25) is 9.59 Å². The topological polar surface area (TPSA) is 43.4 Å². The quantitative estimate of drug-likeness (QED) is 0.272. The van der Waals surface area contributed by atoms with Crippen molar-refractivity contribution in [1.82, 2.24) is 0 Å². The van der Waals surface area contributed by atoms with Crippen LogP contribution in [0.5, 0.6) is 5.75 Å². The van der Waals surface area contributed by atoms with E-state index in [-0.39, 0.29) is 23.7 Å². The fourth-order valence-electron chi connectivity index (χ4n) is 2.60. The summed E-state index contributed by atoms with van der Waals surface area (Å²) in [7, 11) is 0. The van der Waals surface area contributed by atoms with Crippen LogP contribution in [0.2, 0.25) is 0 Å². The fourth-order valence-corrected chi connectivity index (χ4v) is 2.60. The molecule has 0 aromatic heterocycles. The first-order chi connectivity index (χ1) is 11.0. The number of carbonyl (C=O) groups is 2. The molecule has 23 heavy (non-hydrogen) atoms. The van der Waals surface area contributed by atoms with Crippen molar-refractivity contribution in [1.29, 1.82) is 0 Å². The molecule has 0 unspecified atom stereocenters. The van der Waals surface area contributed by atoms with Crippen LogP contribution in [0.15, 0.2) is 35.4 Å². The summed E-state index contributed by atoms with van der Waals surface area (Å²) in [6.07, 6.45) is 5.40. The first kappa shape index (κ1) is 19.1. The highest BCUT2D eigenvalue weighted by Gasteiger charge is 2.15. The first-order valence-electron chi connectivity index (χ1n) is 8.45. The molecule has 0 amide bonds. The maximum atomic E-state index is 11.6. The van der Waals surface area contributed by atoms with Crippen LogP contribution < -0.4 is 4.74 Å². The lowest BCUT2D eigenvalue weighted by Crippen LogP contribution is -2.14. The summed E-state index contributed by atoms with van der Waals surface area (Å²) in [5.74, 6) is 0.384. The van der Waals surface area contributed by atoms with E-state index in [1.54, 1.807) is 0 Å². The molecule has 3 nitrogen and oxygen atoms in total. The summed E-state index contributed by atoms with van der Waals surface area (Å²) in [5.41, 5.74) is 2.35. The zero-order chi connectivity index (χ0) is 17.2. The molecule has 0 fully saturated rings.